The molecular formula is C33H38N4O8. The highest BCUT2D eigenvalue weighted by molar-refractivity contribution is 6.04. The number of methoxy groups -OCH3 is 2. The number of aliphatic imine (C=N–C) groups is 1. The second-order valence-electron chi connectivity index (χ2n) is 11.8. The zero-order chi connectivity index (χ0) is 31.8. The molecule has 0 aliphatic carbocycles. The lowest BCUT2D eigenvalue weighted by atomic mass is 10.1. The van der Waals surface area contributed by atoms with Crippen molar-refractivity contribution < 1.29 is 38.9 Å². The molecule has 2 N–H and O–H groups in total. The molecule has 2 amide bonds. The Balaban J connectivity index is 1.04. The van der Waals surface area contributed by atoms with Crippen LogP contribution in [0, 0.1) is 0 Å². The number of amides is 2. The molecule has 45 heavy (non-hydrogen) atoms. The van der Waals surface area contributed by atoms with Gasteiger partial charge in [0, 0.05) is 30.7 Å². The second-order valence-corrected chi connectivity index (χ2v) is 11.8. The van der Waals surface area contributed by atoms with Crippen molar-refractivity contribution >= 4 is 29.4 Å². The molecule has 0 spiro atoms. The van der Waals surface area contributed by atoms with Gasteiger partial charge in [0.25, 0.3) is 11.8 Å². The number of hydrogen-bond donors (Lipinski definition) is 2. The molecule has 0 saturated carbocycles. The maximum atomic E-state index is 13.3. The number of rotatable bonds is 10. The monoisotopic (exact) mass is 618 g/mol. The molecule has 0 fully saturated rings. The minimum Gasteiger partial charge on any atom is -0.493 e. The van der Waals surface area contributed by atoms with Gasteiger partial charge in [0.15, 0.2) is 29.2 Å². The molecule has 238 valence electrons. The van der Waals surface area contributed by atoms with E-state index in [2.05, 4.69) is 4.99 Å². The Kier molecular flexibility index (Phi) is 8.43. The van der Waals surface area contributed by atoms with Crippen molar-refractivity contribution in [3.63, 3.8) is 0 Å². The van der Waals surface area contributed by atoms with Gasteiger partial charge in [0.05, 0.1) is 62.0 Å². The van der Waals surface area contributed by atoms with Crippen LogP contribution in [0.15, 0.2) is 52.8 Å². The van der Waals surface area contributed by atoms with Gasteiger partial charge in [-0.25, -0.2) is 5.06 Å². The highest BCUT2D eigenvalue weighted by atomic mass is 16.5. The summed E-state index contributed by atoms with van der Waals surface area (Å²) < 4.78 is 23.1. The second kappa shape index (κ2) is 12.4. The largest absolute Gasteiger partial charge is 0.493 e. The van der Waals surface area contributed by atoms with Crippen LogP contribution < -0.4 is 24.0 Å². The van der Waals surface area contributed by atoms with E-state index in [0.717, 1.165) is 35.5 Å². The number of hydrogen-bond acceptors (Lipinski definition) is 10. The first-order valence-corrected chi connectivity index (χ1v) is 15.1. The number of carbonyl (C=O) groups is 2. The Morgan fingerprint density at radius 2 is 1.40 bits per heavy atom. The highest BCUT2D eigenvalue weighted by Crippen LogP contribution is 2.41. The fourth-order valence-electron chi connectivity index (χ4n) is 6.20. The summed E-state index contributed by atoms with van der Waals surface area (Å²) in [5, 5.41) is 22.3. The van der Waals surface area contributed by atoms with Crippen LogP contribution in [-0.4, -0.2) is 83.9 Å². The molecule has 4 aliphatic rings. The van der Waals surface area contributed by atoms with Gasteiger partial charge < -0.3 is 33.9 Å². The number of benzene rings is 2. The SMILES string of the molecule is COc1cc2c(cc1OCCCCCOc1cc3c(cc1OC)C(=O)N1C=C(C)C[C@H]1[C@H](O)N3O)N=C[C@@H]1CC(C)=CN1C2=O. The van der Waals surface area contributed by atoms with Crippen LogP contribution in [0.1, 0.15) is 66.7 Å². The van der Waals surface area contributed by atoms with E-state index < -0.39 is 12.3 Å². The van der Waals surface area contributed by atoms with E-state index in [0.29, 0.717) is 60.3 Å². The van der Waals surface area contributed by atoms with Crippen molar-refractivity contribution in [3.05, 3.63) is 58.9 Å². The fraction of sp³-hybridized carbons (Fsp3) is 0.424. The molecule has 4 aliphatic heterocycles. The van der Waals surface area contributed by atoms with Crippen molar-refractivity contribution in [1.82, 2.24) is 9.80 Å². The number of ether oxygens (including phenoxy) is 4. The van der Waals surface area contributed by atoms with Crippen molar-refractivity contribution in [2.24, 2.45) is 4.99 Å². The van der Waals surface area contributed by atoms with E-state index in [4.69, 9.17) is 18.9 Å². The standard InChI is InChI=1S/C33H38N4O8/c1-19-10-21-16-34-24-14-29(27(42-3)12-22(24)31(38)35(21)17-19)44-8-6-5-7-9-45-30-15-25-23(13-28(30)43-4)32(39)36-18-20(2)11-26(36)33(40)37(25)41/h12-18,21,26,33,40-41H,5-11H2,1-4H3/t21-,26-,33-/m0/s1. The molecule has 2 aromatic rings. The molecule has 3 atom stereocenters. The fourth-order valence-corrected chi connectivity index (χ4v) is 6.20. The smallest absolute Gasteiger partial charge is 0.260 e. The number of hydroxylamine groups is 1. The third kappa shape index (κ3) is 5.71. The molecule has 0 radical (unpaired) electrons. The van der Waals surface area contributed by atoms with Gasteiger partial charge in [-0.2, -0.15) is 0 Å². The Labute approximate surface area is 261 Å². The summed E-state index contributed by atoms with van der Waals surface area (Å²) in [6.45, 7) is 4.67. The predicted molar refractivity (Wildman–Crippen MR) is 166 cm³/mol. The molecule has 0 saturated heterocycles. The van der Waals surface area contributed by atoms with Crippen LogP contribution in [0.4, 0.5) is 11.4 Å². The minimum absolute atomic E-state index is 0.0793. The van der Waals surface area contributed by atoms with Gasteiger partial charge in [0.1, 0.15) is 0 Å². The lowest BCUT2D eigenvalue weighted by Crippen LogP contribution is -2.46. The molecule has 2 aromatic carbocycles. The molecule has 0 unspecified atom stereocenters. The quantitative estimate of drug-likeness (QED) is 0.360. The lowest BCUT2D eigenvalue weighted by Gasteiger charge is -2.29. The van der Waals surface area contributed by atoms with Crippen LogP contribution in [0.25, 0.3) is 0 Å². The highest BCUT2D eigenvalue weighted by Gasteiger charge is 2.42. The summed E-state index contributed by atoms with van der Waals surface area (Å²) in [4.78, 5) is 34.2. The number of unbranched alkanes of at least 4 members (excludes halogenated alkanes) is 2. The third-order valence-electron chi connectivity index (χ3n) is 8.52. The molecule has 4 heterocycles. The van der Waals surface area contributed by atoms with Crippen molar-refractivity contribution in [2.45, 2.75) is 64.3 Å². The first kappa shape index (κ1) is 30.5. The van der Waals surface area contributed by atoms with Gasteiger partial charge in [-0.15, -0.1) is 0 Å². The summed E-state index contributed by atoms with van der Waals surface area (Å²) >= 11 is 0. The number of carbonyl (C=O) groups excluding carboxylic acids is 2. The zero-order valence-corrected chi connectivity index (χ0v) is 25.9. The molecule has 0 aromatic heterocycles. The van der Waals surface area contributed by atoms with E-state index in [9.17, 15) is 19.9 Å². The van der Waals surface area contributed by atoms with Gasteiger partial charge in [-0.1, -0.05) is 11.1 Å². The summed E-state index contributed by atoms with van der Waals surface area (Å²) in [7, 11) is 3.03. The van der Waals surface area contributed by atoms with Gasteiger partial charge in [-0.05, 0) is 58.1 Å². The Morgan fingerprint density at radius 3 is 2.09 bits per heavy atom. The molecule has 6 rings (SSSR count). The average molecular weight is 619 g/mol. The first-order chi connectivity index (χ1) is 21.7. The maximum Gasteiger partial charge on any atom is 0.260 e. The van der Waals surface area contributed by atoms with E-state index >= 15 is 0 Å². The number of aliphatic hydroxyl groups is 1. The van der Waals surface area contributed by atoms with Crippen LogP contribution in [-0.2, 0) is 0 Å². The van der Waals surface area contributed by atoms with Gasteiger partial charge >= 0.3 is 0 Å². The van der Waals surface area contributed by atoms with Crippen LogP contribution in [0.5, 0.6) is 23.0 Å². The summed E-state index contributed by atoms with van der Waals surface area (Å²) in [5.74, 6) is 1.28. The van der Waals surface area contributed by atoms with E-state index in [1.807, 2.05) is 26.3 Å². The Hall–Kier alpha value is -4.55. The molecule has 12 nitrogen and oxygen atoms in total. The Bertz CT molecular complexity index is 1600. The number of aliphatic hydroxyl groups excluding tert-OH is 1. The Morgan fingerprint density at radius 1 is 0.800 bits per heavy atom. The predicted octanol–water partition coefficient (Wildman–Crippen LogP) is 4.81. The van der Waals surface area contributed by atoms with Crippen molar-refractivity contribution in [1.29, 1.82) is 0 Å². The van der Waals surface area contributed by atoms with Crippen molar-refractivity contribution in [3.8, 4) is 23.0 Å². The van der Waals surface area contributed by atoms with E-state index in [-0.39, 0.29) is 29.1 Å². The topological polar surface area (TPSA) is 134 Å². The minimum atomic E-state index is -1.30. The van der Waals surface area contributed by atoms with E-state index in [1.165, 1.54) is 24.1 Å². The van der Waals surface area contributed by atoms with Crippen LogP contribution >= 0.6 is 0 Å². The summed E-state index contributed by atoms with van der Waals surface area (Å²) in [6.07, 6.45) is 7.58. The summed E-state index contributed by atoms with van der Waals surface area (Å²) in [6, 6.07) is 5.84. The van der Waals surface area contributed by atoms with Crippen LogP contribution in [0.3, 0.4) is 0 Å². The number of nitrogens with zero attached hydrogens (tertiary/aromatic N) is 4. The lowest BCUT2D eigenvalue weighted by molar-refractivity contribution is 0.0174. The zero-order valence-electron chi connectivity index (χ0n) is 25.9. The maximum absolute atomic E-state index is 13.3. The third-order valence-corrected chi connectivity index (χ3v) is 8.52. The number of anilines is 1. The van der Waals surface area contributed by atoms with Crippen LogP contribution in [0.2, 0.25) is 0 Å². The number of fused-ring (bicyclic) bond motifs is 4. The van der Waals surface area contributed by atoms with Gasteiger partial charge in [-0.3, -0.25) is 19.8 Å². The van der Waals surface area contributed by atoms with Crippen molar-refractivity contribution in [2.75, 3.05) is 32.5 Å². The summed E-state index contributed by atoms with van der Waals surface area (Å²) in [5.41, 5.74) is 3.48. The molecular weight excluding hydrogens is 580 g/mol. The molecule has 12 heteroatoms. The van der Waals surface area contributed by atoms with Gasteiger partial charge in [0.2, 0.25) is 0 Å². The first-order valence-electron chi connectivity index (χ1n) is 15.1. The average Bonchev–Trinajstić information content (AvgIpc) is 3.58. The molecule has 0 bridgehead atoms. The normalized spacial score (nSPS) is 21.7. The van der Waals surface area contributed by atoms with E-state index in [1.54, 1.807) is 30.3 Å².